The van der Waals surface area contributed by atoms with Gasteiger partial charge in [0.05, 0.1) is 0 Å². The van der Waals surface area contributed by atoms with Crippen LogP contribution in [0.4, 0.5) is 0 Å². The molecule has 2 aliphatic carbocycles. The predicted octanol–water partition coefficient (Wildman–Crippen LogP) is 5.42. The fourth-order valence-corrected chi connectivity index (χ4v) is 2.87. The minimum atomic E-state index is 0. The summed E-state index contributed by atoms with van der Waals surface area (Å²) in [5.41, 5.74) is 0.881. The molecule has 0 aromatic rings. The van der Waals surface area contributed by atoms with E-state index in [1.54, 1.807) is 25.7 Å². The van der Waals surface area contributed by atoms with Crippen LogP contribution in [0.3, 0.4) is 0 Å². The van der Waals surface area contributed by atoms with E-state index >= 15 is 0 Å². The van der Waals surface area contributed by atoms with Crippen LogP contribution in [0.15, 0.2) is 0 Å². The normalized spacial score (nSPS) is 24.2. The van der Waals surface area contributed by atoms with Crippen molar-refractivity contribution in [3.8, 4) is 0 Å². The Morgan fingerprint density at radius 2 is 1.50 bits per heavy atom. The SMILES string of the molecule is C.CC.CCC1CCC2(CCC2)CC1. The lowest BCUT2D eigenvalue weighted by Gasteiger charge is -2.47. The third kappa shape index (κ3) is 3.00. The van der Waals surface area contributed by atoms with Crippen molar-refractivity contribution >= 4 is 0 Å². The molecule has 0 N–H and O–H groups in total. The second-order valence-electron chi connectivity index (χ2n) is 4.71. The first-order valence-corrected chi connectivity index (χ1v) is 6.35. The third-order valence-corrected chi connectivity index (χ3v) is 4.16. The molecule has 14 heavy (non-hydrogen) atoms. The molecule has 0 unspecified atom stereocenters. The van der Waals surface area contributed by atoms with Crippen molar-refractivity contribution in [2.45, 2.75) is 79.6 Å². The molecule has 0 aromatic carbocycles. The molecule has 2 fully saturated rings. The van der Waals surface area contributed by atoms with E-state index in [2.05, 4.69) is 6.92 Å². The molecule has 0 heterocycles. The van der Waals surface area contributed by atoms with Crippen molar-refractivity contribution in [1.82, 2.24) is 0 Å². The fraction of sp³-hybridized carbons (Fsp3) is 1.00. The van der Waals surface area contributed by atoms with Crippen LogP contribution < -0.4 is 0 Å². The summed E-state index contributed by atoms with van der Waals surface area (Å²) in [7, 11) is 0. The summed E-state index contributed by atoms with van der Waals surface area (Å²) in [5, 5.41) is 0. The van der Waals surface area contributed by atoms with Crippen molar-refractivity contribution in [3.63, 3.8) is 0 Å². The van der Waals surface area contributed by atoms with E-state index in [0.717, 1.165) is 11.3 Å². The molecule has 0 aliphatic heterocycles. The van der Waals surface area contributed by atoms with Gasteiger partial charge in [0.25, 0.3) is 0 Å². The Bertz CT molecular complexity index is 123. The lowest BCUT2D eigenvalue weighted by Crippen LogP contribution is -2.33. The van der Waals surface area contributed by atoms with Crippen LogP contribution in [0.25, 0.3) is 0 Å². The second kappa shape index (κ2) is 6.48. The molecule has 0 atom stereocenters. The Hall–Kier alpha value is 0. The summed E-state index contributed by atoms with van der Waals surface area (Å²) in [6.45, 7) is 6.35. The van der Waals surface area contributed by atoms with Gasteiger partial charge in [0, 0.05) is 0 Å². The average molecular weight is 198 g/mol. The van der Waals surface area contributed by atoms with Gasteiger partial charge in [0.1, 0.15) is 0 Å². The van der Waals surface area contributed by atoms with E-state index in [1.807, 2.05) is 13.8 Å². The summed E-state index contributed by atoms with van der Waals surface area (Å²) >= 11 is 0. The highest BCUT2D eigenvalue weighted by molar-refractivity contribution is 4.91. The van der Waals surface area contributed by atoms with Crippen LogP contribution in [0.1, 0.15) is 79.6 Å². The zero-order valence-corrected chi connectivity index (χ0v) is 9.73. The first-order valence-electron chi connectivity index (χ1n) is 6.35. The summed E-state index contributed by atoms with van der Waals surface area (Å²) in [4.78, 5) is 0. The van der Waals surface area contributed by atoms with Crippen LogP contribution in [-0.2, 0) is 0 Å². The maximum absolute atomic E-state index is 2.35. The van der Waals surface area contributed by atoms with Gasteiger partial charge in [0.2, 0.25) is 0 Å². The molecule has 0 aromatic heterocycles. The van der Waals surface area contributed by atoms with Crippen molar-refractivity contribution in [2.24, 2.45) is 11.3 Å². The third-order valence-electron chi connectivity index (χ3n) is 4.16. The van der Waals surface area contributed by atoms with Crippen molar-refractivity contribution in [2.75, 3.05) is 0 Å². The molecule has 0 bridgehead atoms. The molecular formula is C14H30. The molecule has 2 saturated carbocycles. The topological polar surface area (TPSA) is 0 Å². The Morgan fingerprint density at radius 3 is 1.79 bits per heavy atom. The fourth-order valence-electron chi connectivity index (χ4n) is 2.87. The number of hydrogen-bond donors (Lipinski definition) is 0. The van der Waals surface area contributed by atoms with Gasteiger partial charge in [-0.1, -0.05) is 41.0 Å². The minimum absolute atomic E-state index is 0. The van der Waals surface area contributed by atoms with Gasteiger partial charge in [-0.15, -0.1) is 0 Å². The highest BCUT2D eigenvalue weighted by Crippen LogP contribution is 2.52. The molecule has 0 saturated heterocycles. The first-order chi connectivity index (χ1) is 6.35. The van der Waals surface area contributed by atoms with Gasteiger partial charge in [-0.25, -0.2) is 0 Å². The molecule has 86 valence electrons. The minimum Gasteiger partial charge on any atom is -0.0776 e. The zero-order valence-electron chi connectivity index (χ0n) is 9.73. The van der Waals surface area contributed by atoms with Crippen molar-refractivity contribution in [1.29, 1.82) is 0 Å². The van der Waals surface area contributed by atoms with E-state index in [9.17, 15) is 0 Å². The molecular weight excluding hydrogens is 168 g/mol. The van der Waals surface area contributed by atoms with E-state index in [4.69, 9.17) is 0 Å². The number of hydrogen-bond acceptors (Lipinski definition) is 0. The summed E-state index contributed by atoms with van der Waals surface area (Å²) in [6.07, 6.45) is 12.3. The van der Waals surface area contributed by atoms with Gasteiger partial charge in [0.15, 0.2) is 0 Å². The lowest BCUT2D eigenvalue weighted by molar-refractivity contribution is 0.0547. The lowest BCUT2D eigenvalue weighted by atomic mass is 9.59. The highest BCUT2D eigenvalue weighted by Gasteiger charge is 2.39. The van der Waals surface area contributed by atoms with Crippen LogP contribution in [0, 0.1) is 11.3 Å². The van der Waals surface area contributed by atoms with E-state index in [1.165, 1.54) is 25.7 Å². The smallest absolute Gasteiger partial charge is 0.0297 e. The van der Waals surface area contributed by atoms with Gasteiger partial charge >= 0.3 is 0 Å². The number of rotatable bonds is 1. The van der Waals surface area contributed by atoms with Gasteiger partial charge < -0.3 is 0 Å². The second-order valence-corrected chi connectivity index (χ2v) is 4.71. The summed E-state index contributed by atoms with van der Waals surface area (Å²) in [5.74, 6) is 1.08. The molecule has 2 aliphatic rings. The maximum atomic E-state index is 2.35. The van der Waals surface area contributed by atoms with E-state index in [-0.39, 0.29) is 7.43 Å². The standard InChI is InChI=1S/C11H20.C2H6.CH4/c1-2-10-4-8-11(9-5-10)6-3-7-11;1-2;/h10H,2-9H2,1H3;1-2H3;1H4. The van der Waals surface area contributed by atoms with Crippen LogP contribution in [0.5, 0.6) is 0 Å². The molecule has 0 heteroatoms. The Kier molecular flexibility index (Phi) is 6.48. The van der Waals surface area contributed by atoms with E-state index < -0.39 is 0 Å². The summed E-state index contributed by atoms with van der Waals surface area (Å²) in [6, 6.07) is 0. The van der Waals surface area contributed by atoms with Crippen molar-refractivity contribution < 1.29 is 0 Å². The van der Waals surface area contributed by atoms with Gasteiger partial charge in [-0.3, -0.25) is 0 Å². The van der Waals surface area contributed by atoms with Gasteiger partial charge in [-0.05, 0) is 49.9 Å². The van der Waals surface area contributed by atoms with Crippen molar-refractivity contribution in [3.05, 3.63) is 0 Å². The predicted molar refractivity (Wildman–Crippen MR) is 66.6 cm³/mol. The first kappa shape index (κ1) is 14.0. The van der Waals surface area contributed by atoms with Gasteiger partial charge in [-0.2, -0.15) is 0 Å². The molecule has 0 amide bonds. The quantitative estimate of drug-likeness (QED) is 0.528. The monoisotopic (exact) mass is 198 g/mol. The Labute approximate surface area is 91.5 Å². The zero-order chi connectivity index (χ0) is 9.73. The largest absolute Gasteiger partial charge is 0.0776 e. The van der Waals surface area contributed by atoms with Crippen LogP contribution >= 0.6 is 0 Å². The Balaban J connectivity index is 0.000000531. The van der Waals surface area contributed by atoms with E-state index in [0.29, 0.717) is 0 Å². The molecule has 1 spiro atoms. The Morgan fingerprint density at radius 1 is 1.00 bits per heavy atom. The molecule has 0 nitrogen and oxygen atoms in total. The summed E-state index contributed by atoms with van der Waals surface area (Å²) < 4.78 is 0. The molecule has 0 radical (unpaired) electrons. The maximum Gasteiger partial charge on any atom is -0.0297 e. The highest BCUT2D eigenvalue weighted by atomic mass is 14.4. The average Bonchev–Trinajstić information content (AvgIpc) is 2.19. The van der Waals surface area contributed by atoms with Crippen LogP contribution in [-0.4, -0.2) is 0 Å². The van der Waals surface area contributed by atoms with Crippen LogP contribution in [0.2, 0.25) is 0 Å². The molecule has 2 rings (SSSR count).